The molecule has 0 aromatic heterocycles. The van der Waals surface area contributed by atoms with E-state index in [1.54, 1.807) is 0 Å². The van der Waals surface area contributed by atoms with Crippen molar-refractivity contribution < 1.29 is 15.0 Å². The van der Waals surface area contributed by atoms with E-state index < -0.39 is 23.5 Å². The molecule has 2 N–H and O–H groups in total. The Bertz CT molecular complexity index is 448. The summed E-state index contributed by atoms with van der Waals surface area (Å²) in [4.78, 5) is 12.3. The van der Waals surface area contributed by atoms with Gasteiger partial charge in [0.2, 0.25) is 0 Å². The molecule has 3 rings (SSSR count). The third-order valence-electron chi connectivity index (χ3n) is 4.72. The molecule has 3 atom stereocenters. The van der Waals surface area contributed by atoms with Crippen molar-refractivity contribution in [3.8, 4) is 0 Å². The van der Waals surface area contributed by atoms with Crippen LogP contribution in [0.5, 0.6) is 0 Å². The minimum atomic E-state index is -1.000. The van der Waals surface area contributed by atoms with E-state index in [-0.39, 0.29) is 5.78 Å². The molecule has 0 saturated heterocycles. The van der Waals surface area contributed by atoms with Crippen molar-refractivity contribution in [3.63, 3.8) is 0 Å². The zero-order chi connectivity index (χ0) is 12.8. The Balaban J connectivity index is 2.00. The van der Waals surface area contributed by atoms with Crippen LogP contribution in [0.15, 0.2) is 30.3 Å². The van der Waals surface area contributed by atoms with E-state index in [9.17, 15) is 15.0 Å². The maximum absolute atomic E-state index is 12.3. The molecule has 96 valence electrons. The third kappa shape index (κ3) is 1.47. The van der Waals surface area contributed by atoms with E-state index in [4.69, 9.17) is 0 Å². The highest BCUT2D eigenvalue weighted by Crippen LogP contribution is 2.53. The van der Waals surface area contributed by atoms with Crippen molar-refractivity contribution in [3.05, 3.63) is 35.9 Å². The summed E-state index contributed by atoms with van der Waals surface area (Å²) in [7, 11) is 0. The number of rotatable bonds is 1. The van der Waals surface area contributed by atoms with E-state index >= 15 is 0 Å². The number of Topliss-reactive ketones (excluding diaryl/α,β-unsaturated/α-hetero) is 1. The Labute approximate surface area is 106 Å². The second-order valence-electron chi connectivity index (χ2n) is 5.58. The predicted molar refractivity (Wildman–Crippen MR) is 67.1 cm³/mol. The minimum Gasteiger partial charge on any atom is -0.391 e. The Morgan fingerprint density at radius 3 is 2.28 bits per heavy atom. The first-order valence-corrected chi connectivity index (χ1v) is 6.62. The highest BCUT2D eigenvalue weighted by atomic mass is 16.3. The first-order chi connectivity index (χ1) is 8.67. The Morgan fingerprint density at radius 2 is 1.67 bits per heavy atom. The normalized spacial score (nSPS) is 34.3. The van der Waals surface area contributed by atoms with E-state index in [0.717, 1.165) is 31.2 Å². The molecule has 0 heterocycles. The quantitative estimate of drug-likeness (QED) is 0.792. The van der Waals surface area contributed by atoms with Crippen molar-refractivity contribution >= 4 is 5.78 Å². The van der Waals surface area contributed by atoms with Crippen molar-refractivity contribution in [1.82, 2.24) is 0 Å². The fourth-order valence-electron chi connectivity index (χ4n) is 3.71. The number of benzene rings is 1. The Hall–Kier alpha value is -1.19. The largest absolute Gasteiger partial charge is 0.391 e. The van der Waals surface area contributed by atoms with Crippen molar-refractivity contribution in [2.75, 3.05) is 0 Å². The highest BCUT2D eigenvalue weighted by Gasteiger charge is 2.60. The van der Waals surface area contributed by atoms with Gasteiger partial charge in [-0.25, -0.2) is 0 Å². The Kier molecular flexibility index (Phi) is 2.76. The van der Waals surface area contributed by atoms with Crippen LogP contribution in [0.1, 0.15) is 37.2 Å². The molecule has 2 aliphatic rings. The van der Waals surface area contributed by atoms with Gasteiger partial charge < -0.3 is 10.2 Å². The lowest BCUT2D eigenvalue weighted by Crippen LogP contribution is -2.38. The predicted octanol–water partition coefficient (Wildman–Crippen LogP) is 1.64. The average Bonchev–Trinajstić information content (AvgIpc) is 2.95. The average molecular weight is 246 g/mol. The van der Waals surface area contributed by atoms with Crippen LogP contribution >= 0.6 is 0 Å². The maximum atomic E-state index is 12.3. The van der Waals surface area contributed by atoms with Gasteiger partial charge in [-0.3, -0.25) is 4.79 Å². The number of carbonyl (C=O) groups excluding carboxylic acids is 1. The zero-order valence-corrected chi connectivity index (χ0v) is 10.2. The number of carbonyl (C=O) groups is 1. The summed E-state index contributed by atoms with van der Waals surface area (Å²) < 4.78 is 0. The lowest BCUT2D eigenvalue weighted by molar-refractivity contribution is -0.128. The second-order valence-corrected chi connectivity index (χ2v) is 5.58. The van der Waals surface area contributed by atoms with Crippen molar-refractivity contribution in [2.45, 2.75) is 43.8 Å². The molecule has 0 aliphatic heterocycles. The van der Waals surface area contributed by atoms with E-state index in [0.29, 0.717) is 0 Å². The first-order valence-electron chi connectivity index (χ1n) is 6.62. The molecule has 1 aromatic carbocycles. The van der Waals surface area contributed by atoms with Gasteiger partial charge in [0.15, 0.2) is 5.78 Å². The summed E-state index contributed by atoms with van der Waals surface area (Å²) >= 11 is 0. The van der Waals surface area contributed by atoms with Gasteiger partial charge in [-0.05, 0) is 18.4 Å². The summed E-state index contributed by atoms with van der Waals surface area (Å²) in [6, 6.07) is 9.32. The summed E-state index contributed by atoms with van der Waals surface area (Å²) in [5.41, 5.74) is 0.232. The lowest BCUT2D eigenvalue weighted by atomic mass is 9.78. The van der Waals surface area contributed by atoms with E-state index in [1.165, 1.54) is 0 Å². The van der Waals surface area contributed by atoms with Crippen LogP contribution in [0.3, 0.4) is 0 Å². The summed E-state index contributed by atoms with van der Waals surface area (Å²) in [5.74, 6) is -0.769. The molecule has 2 aliphatic carbocycles. The number of hydrogen-bond donors (Lipinski definition) is 2. The summed E-state index contributed by atoms with van der Waals surface area (Å²) in [6.07, 6.45) is 1.74. The van der Waals surface area contributed by atoms with E-state index in [1.807, 2.05) is 30.3 Å². The number of aliphatic hydroxyl groups is 2. The number of aliphatic hydroxyl groups excluding tert-OH is 2. The van der Waals surface area contributed by atoms with Crippen LogP contribution in [0.25, 0.3) is 0 Å². The summed E-state index contributed by atoms with van der Waals surface area (Å²) in [5, 5.41) is 20.8. The molecule has 0 bridgehead atoms. The molecule has 3 nitrogen and oxygen atoms in total. The molecule has 18 heavy (non-hydrogen) atoms. The number of hydrogen-bond acceptors (Lipinski definition) is 3. The topological polar surface area (TPSA) is 57.5 Å². The van der Waals surface area contributed by atoms with Crippen molar-refractivity contribution in [2.24, 2.45) is 5.41 Å². The molecule has 2 fully saturated rings. The van der Waals surface area contributed by atoms with Gasteiger partial charge in [-0.15, -0.1) is 0 Å². The maximum Gasteiger partial charge on any atom is 0.171 e. The lowest BCUT2D eigenvalue weighted by Gasteiger charge is -2.30. The van der Waals surface area contributed by atoms with Crippen LogP contribution < -0.4 is 0 Å². The van der Waals surface area contributed by atoms with Crippen LogP contribution in [-0.4, -0.2) is 28.2 Å². The standard InChI is InChI=1S/C15H18O3/c16-12-11(10-6-2-1-3-7-10)13(17)15(14(12)18)8-4-5-9-15/h1-3,6-7,11,13-14,17-18H,4-5,8-9H2/t11-,13+,14-/m0/s1. The zero-order valence-electron chi connectivity index (χ0n) is 10.2. The molecular formula is C15H18O3. The molecule has 3 heteroatoms. The molecule has 1 spiro atoms. The molecule has 0 radical (unpaired) electrons. The monoisotopic (exact) mass is 246 g/mol. The molecule has 1 aromatic rings. The fraction of sp³-hybridized carbons (Fsp3) is 0.533. The van der Waals surface area contributed by atoms with Crippen LogP contribution in [0.2, 0.25) is 0 Å². The second kappa shape index (κ2) is 4.18. The SMILES string of the molecule is O=C1[C@H](c2ccccc2)[C@@H](O)C2(CCCC2)[C@H]1O. The molecular weight excluding hydrogens is 228 g/mol. The van der Waals surface area contributed by atoms with Gasteiger partial charge in [0.05, 0.1) is 12.0 Å². The minimum absolute atomic E-state index is 0.212. The van der Waals surface area contributed by atoms with Gasteiger partial charge in [0.1, 0.15) is 6.10 Å². The fourth-order valence-corrected chi connectivity index (χ4v) is 3.71. The first kappa shape index (κ1) is 11.9. The molecule has 2 saturated carbocycles. The molecule has 0 unspecified atom stereocenters. The Morgan fingerprint density at radius 1 is 1.06 bits per heavy atom. The van der Waals surface area contributed by atoms with Gasteiger partial charge in [-0.2, -0.15) is 0 Å². The van der Waals surface area contributed by atoms with Crippen LogP contribution in [0.4, 0.5) is 0 Å². The third-order valence-corrected chi connectivity index (χ3v) is 4.72. The van der Waals surface area contributed by atoms with E-state index in [2.05, 4.69) is 0 Å². The smallest absolute Gasteiger partial charge is 0.171 e. The van der Waals surface area contributed by atoms with Crippen LogP contribution in [-0.2, 0) is 4.79 Å². The summed E-state index contributed by atoms with van der Waals surface area (Å²) in [6.45, 7) is 0. The van der Waals surface area contributed by atoms with Crippen molar-refractivity contribution in [1.29, 1.82) is 0 Å². The molecule has 0 amide bonds. The van der Waals surface area contributed by atoms with Gasteiger partial charge in [0, 0.05) is 5.41 Å². The van der Waals surface area contributed by atoms with Gasteiger partial charge in [0.25, 0.3) is 0 Å². The number of ketones is 1. The van der Waals surface area contributed by atoms with Gasteiger partial charge in [-0.1, -0.05) is 43.2 Å². The highest BCUT2D eigenvalue weighted by molar-refractivity contribution is 5.94. The van der Waals surface area contributed by atoms with Gasteiger partial charge >= 0.3 is 0 Å². The van der Waals surface area contributed by atoms with Crippen LogP contribution in [0, 0.1) is 5.41 Å².